The fourth-order valence-electron chi connectivity index (χ4n) is 3.22. The number of sulfone groups is 1. The summed E-state index contributed by atoms with van der Waals surface area (Å²) in [6.45, 7) is 0. The van der Waals surface area contributed by atoms with Crippen molar-refractivity contribution >= 4 is 31.4 Å². The van der Waals surface area contributed by atoms with Gasteiger partial charge in [0.05, 0.1) is 15.4 Å². The molecule has 0 radical (unpaired) electrons. The molecule has 4 aromatic carbocycles. The van der Waals surface area contributed by atoms with E-state index in [-0.39, 0.29) is 9.79 Å². The summed E-state index contributed by atoms with van der Waals surface area (Å²) in [4.78, 5) is 0.499. The van der Waals surface area contributed by atoms with Crippen LogP contribution in [0.3, 0.4) is 0 Å². The molecule has 0 bridgehead atoms. The molecule has 4 heteroatoms. The Labute approximate surface area is 145 Å². The quantitative estimate of drug-likeness (QED) is 0.496. The van der Waals surface area contributed by atoms with Crippen LogP contribution in [0.15, 0.2) is 88.7 Å². The molecule has 0 spiro atoms. The predicted molar refractivity (Wildman–Crippen MR) is 98.1 cm³/mol. The van der Waals surface area contributed by atoms with E-state index in [0.29, 0.717) is 27.1 Å². The SMILES string of the molecule is N#Cc1c2ccccc2c(S(=O)(=O)c2ccccc2)c2ccccc12. The molecule has 0 N–H and O–H groups in total. The van der Waals surface area contributed by atoms with Crippen molar-refractivity contribution in [3.05, 3.63) is 84.4 Å². The highest BCUT2D eigenvalue weighted by molar-refractivity contribution is 7.92. The smallest absolute Gasteiger partial charge is 0.207 e. The van der Waals surface area contributed by atoms with E-state index in [9.17, 15) is 13.7 Å². The molecule has 0 aromatic heterocycles. The monoisotopic (exact) mass is 343 g/mol. The molecule has 4 aromatic rings. The summed E-state index contributed by atoms with van der Waals surface area (Å²) in [6, 6.07) is 25.0. The van der Waals surface area contributed by atoms with Crippen LogP contribution in [-0.4, -0.2) is 8.42 Å². The van der Waals surface area contributed by atoms with Crippen LogP contribution in [0.1, 0.15) is 5.56 Å². The molecule has 0 fully saturated rings. The Morgan fingerprint density at radius 3 is 1.56 bits per heavy atom. The fraction of sp³-hybridized carbons (Fsp3) is 0. The van der Waals surface area contributed by atoms with Gasteiger partial charge < -0.3 is 0 Å². The molecule has 0 unspecified atom stereocenters. The second kappa shape index (κ2) is 5.73. The van der Waals surface area contributed by atoms with E-state index >= 15 is 0 Å². The molecule has 0 saturated heterocycles. The molecule has 0 amide bonds. The van der Waals surface area contributed by atoms with Crippen LogP contribution in [0.4, 0.5) is 0 Å². The van der Waals surface area contributed by atoms with Crippen LogP contribution >= 0.6 is 0 Å². The first-order valence-corrected chi connectivity index (χ1v) is 9.26. The number of nitrogens with zero attached hydrogens (tertiary/aromatic N) is 1. The minimum absolute atomic E-state index is 0.245. The van der Waals surface area contributed by atoms with Gasteiger partial charge in [-0.25, -0.2) is 8.42 Å². The molecule has 0 atom stereocenters. The molecule has 120 valence electrons. The molecule has 0 aliphatic rings. The highest BCUT2D eigenvalue weighted by atomic mass is 32.2. The van der Waals surface area contributed by atoms with Crippen LogP contribution < -0.4 is 0 Å². The lowest BCUT2D eigenvalue weighted by Crippen LogP contribution is -2.04. The number of benzene rings is 4. The Kier molecular flexibility index (Phi) is 3.52. The molecule has 0 aliphatic heterocycles. The van der Waals surface area contributed by atoms with Crippen LogP contribution in [-0.2, 0) is 9.84 Å². The minimum atomic E-state index is -3.73. The minimum Gasteiger partial charge on any atom is -0.218 e. The Morgan fingerprint density at radius 1 is 0.640 bits per heavy atom. The standard InChI is InChI=1S/C21H13NO2S/c22-14-20-16-10-4-6-12-18(16)21(19-13-7-5-11-17(19)20)25(23,24)15-8-2-1-3-9-15/h1-13H. The Morgan fingerprint density at radius 2 is 1.08 bits per heavy atom. The van der Waals surface area contributed by atoms with Crippen molar-refractivity contribution in [2.45, 2.75) is 9.79 Å². The highest BCUT2D eigenvalue weighted by Crippen LogP contribution is 2.37. The van der Waals surface area contributed by atoms with Crippen molar-refractivity contribution in [2.75, 3.05) is 0 Å². The first-order valence-electron chi connectivity index (χ1n) is 7.78. The third-order valence-electron chi connectivity index (χ3n) is 4.32. The molecule has 0 saturated carbocycles. The lowest BCUT2D eigenvalue weighted by Gasteiger charge is -2.14. The normalized spacial score (nSPS) is 11.5. The number of fused-ring (bicyclic) bond motifs is 2. The second-order valence-electron chi connectivity index (χ2n) is 5.72. The first-order chi connectivity index (χ1) is 12.1. The molecular weight excluding hydrogens is 330 g/mol. The van der Waals surface area contributed by atoms with Crippen molar-refractivity contribution in [1.29, 1.82) is 5.26 Å². The van der Waals surface area contributed by atoms with Gasteiger partial charge in [-0.2, -0.15) is 5.26 Å². The summed E-state index contributed by atoms with van der Waals surface area (Å²) in [5.41, 5.74) is 0.498. The summed E-state index contributed by atoms with van der Waals surface area (Å²) in [6.07, 6.45) is 0. The number of rotatable bonds is 2. The average Bonchev–Trinajstić information content (AvgIpc) is 2.66. The second-order valence-corrected chi connectivity index (χ2v) is 7.61. The number of hydrogen-bond donors (Lipinski definition) is 0. The third kappa shape index (κ3) is 2.29. The molecule has 3 nitrogen and oxygen atoms in total. The number of hydrogen-bond acceptors (Lipinski definition) is 3. The summed E-state index contributed by atoms with van der Waals surface area (Å²) in [5, 5.41) is 12.1. The van der Waals surface area contributed by atoms with E-state index in [4.69, 9.17) is 0 Å². The Hall–Kier alpha value is -3.16. The van der Waals surface area contributed by atoms with E-state index in [2.05, 4.69) is 6.07 Å². The summed E-state index contributed by atoms with van der Waals surface area (Å²) in [5.74, 6) is 0. The van der Waals surface area contributed by atoms with Crippen molar-refractivity contribution < 1.29 is 8.42 Å². The number of nitriles is 1. The lowest BCUT2D eigenvalue weighted by atomic mass is 9.97. The molecular formula is C21H13NO2S. The van der Waals surface area contributed by atoms with Gasteiger partial charge in [-0.05, 0) is 12.1 Å². The molecule has 0 aliphatic carbocycles. The van der Waals surface area contributed by atoms with Gasteiger partial charge in [0.15, 0.2) is 0 Å². The maximum Gasteiger partial charge on any atom is 0.207 e. The maximum absolute atomic E-state index is 13.4. The summed E-state index contributed by atoms with van der Waals surface area (Å²) >= 11 is 0. The van der Waals surface area contributed by atoms with Crippen molar-refractivity contribution in [3.63, 3.8) is 0 Å². The first kappa shape index (κ1) is 15.4. The van der Waals surface area contributed by atoms with E-state index < -0.39 is 9.84 Å². The summed E-state index contributed by atoms with van der Waals surface area (Å²) in [7, 11) is -3.73. The van der Waals surface area contributed by atoms with Crippen molar-refractivity contribution in [1.82, 2.24) is 0 Å². The largest absolute Gasteiger partial charge is 0.218 e. The average molecular weight is 343 g/mol. The van der Waals surface area contributed by atoms with E-state index in [1.165, 1.54) is 0 Å². The highest BCUT2D eigenvalue weighted by Gasteiger charge is 2.25. The van der Waals surface area contributed by atoms with Gasteiger partial charge in [-0.1, -0.05) is 66.7 Å². The van der Waals surface area contributed by atoms with Crippen molar-refractivity contribution in [3.8, 4) is 6.07 Å². The van der Waals surface area contributed by atoms with Gasteiger partial charge in [0.25, 0.3) is 0 Å². The fourth-order valence-corrected chi connectivity index (χ4v) is 4.90. The van der Waals surface area contributed by atoms with Gasteiger partial charge in [0.1, 0.15) is 6.07 Å². The van der Waals surface area contributed by atoms with Gasteiger partial charge in [0, 0.05) is 21.5 Å². The van der Waals surface area contributed by atoms with Crippen LogP contribution in [0, 0.1) is 11.3 Å². The summed E-state index contributed by atoms with van der Waals surface area (Å²) < 4.78 is 26.8. The molecule has 4 rings (SSSR count). The molecule has 25 heavy (non-hydrogen) atoms. The van der Waals surface area contributed by atoms with Crippen molar-refractivity contribution in [2.24, 2.45) is 0 Å². The van der Waals surface area contributed by atoms with Gasteiger partial charge in [-0.3, -0.25) is 0 Å². The van der Waals surface area contributed by atoms with Gasteiger partial charge in [0.2, 0.25) is 9.84 Å². The van der Waals surface area contributed by atoms with E-state index in [1.807, 2.05) is 12.1 Å². The lowest BCUT2D eigenvalue weighted by molar-refractivity contribution is 0.597. The predicted octanol–water partition coefficient (Wildman–Crippen LogP) is 4.70. The van der Waals surface area contributed by atoms with Gasteiger partial charge >= 0.3 is 0 Å². The topological polar surface area (TPSA) is 57.9 Å². The van der Waals surface area contributed by atoms with Crippen LogP contribution in [0.25, 0.3) is 21.5 Å². The maximum atomic E-state index is 13.4. The van der Waals surface area contributed by atoms with Crippen LogP contribution in [0.5, 0.6) is 0 Å². The van der Waals surface area contributed by atoms with Gasteiger partial charge in [-0.15, -0.1) is 0 Å². The third-order valence-corrected chi connectivity index (χ3v) is 6.19. The zero-order valence-electron chi connectivity index (χ0n) is 13.2. The molecule has 0 heterocycles. The zero-order chi connectivity index (χ0) is 17.4. The van der Waals surface area contributed by atoms with E-state index in [0.717, 1.165) is 0 Å². The van der Waals surface area contributed by atoms with E-state index in [1.54, 1.807) is 66.7 Å². The Balaban J connectivity index is 2.26. The van der Waals surface area contributed by atoms with Crippen LogP contribution in [0.2, 0.25) is 0 Å². The Bertz CT molecular complexity index is 1200. The zero-order valence-corrected chi connectivity index (χ0v) is 14.0.